The Morgan fingerprint density at radius 3 is 1.82 bits per heavy atom. The van der Waals surface area contributed by atoms with E-state index in [0.29, 0.717) is 11.8 Å². The Morgan fingerprint density at radius 1 is 0.697 bits per heavy atom. The first kappa shape index (κ1) is 24.8. The third-order valence-electron chi connectivity index (χ3n) is 9.87. The van der Waals surface area contributed by atoms with Crippen molar-refractivity contribution in [1.29, 1.82) is 5.26 Å². The number of benzene rings is 1. The van der Waals surface area contributed by atoms with Crippen LogP contribution in [0.2, 0.25) is 0 Å². The van der Waals surface area contributed by atoms with Gasteiger partial charge in [0.25, 0.3) is 0 Å². The topological polar surface area (TPSA) is 23.8 Å². The van der Waals surface area contributed by atoms with E-state index in [0.717, 1.165) is 36.5 Å². The monoisotopic (exact) mass is 447 g/mol. The molecule has 0 radical (unpaired) electrons. The number of aryl methyl sites for hydroxylation is 1. The first-order valence-electron chi connectivity index (χ1n) is 14.7. The molecule has 0 amide bonds. The lowest BCUT2D eigenvalue weighted by molar-refractivity contribution is 0.140. The van der Waals surface area contributed by atoms with Crippen LogP contribution in [0.4, 0.5) is 0 Å². The zero-order valence-corrected chi connectivity index (χ0v) is 21.4. The lowest BCUT2D eigenvalue weighted by atomic mass is 9.68. The van der Waals surface area contributed by atoms with Gasteiger partial charge in [-0.2, -0.15) is 5.26 Å². The summed E-state index contributed by atoms with van der Waals surface area (Å²) in [5.74, 6) is 5.12. The minimum atomic E-state index is 0.307. The molecule has 0 unspecified atom stereocenters. The molecule has 0 bridgehead atoms. The van der Waals surface area contributed by atoms with Gasteiger partial charge in [0.05, 0.1) is 6.07 Å². The molecule has 0 N–H and O–H groups in total. The predicted octanol–water partition coefficient (Wildman–Crippen LogP) is 9.61. The quantitative estimate of drug-likeness (QED) is 0.346. The molecular weight excluding hydrogens is 398 g/mol. The van der Waals surface area contributed by atoms with Crippen LogP contribution >= 0.6 is 0 Å². The molecule has 0 atom stereocenters. The van der Waals surface area contributed by atoms with Crippen molar-refractivity contribution in [2.24, 2.45) is 29.6 Å². The summed E-state index contributed by atoms with van der Waals surface area (Å²) >= 11 is 0. The Morgan fingerprint density at radius 2 is 1.27 bits per heavy atom. The molecule has 1 nitrogen and oxygen atoms in total. The van der Waals surface area contributed by atoms with Gasteiger partial charge in [-0.3, -0.25) is 0 Å². The molecular formula is C32H49N. The van der Waals surface area contributed by atoms with E-state index in [9.17, 15) is 0 Å². The van der Waals surface area contributed by atoms with Crippen LogP contribution in [0, 0.1) is 40.9 Å². The third-order valence-corrected chi connectivity index (χ3v) is 9.87. The highest BCUT2D eigenvalue weighted by Gasteiger charge is 2.30. The van der Waals surface area contributed by atoms with E-state index >= 15 is 0 Å². The maximum Gasteiger partial charge on any atom is 0.0655 e. The average molecular weight is 448 g/mol. The number of nitrogens with zero attached hydrogens (tertiary/aromatic N) is 1. The fourth-order valence-corrected chi connectivity index (χ4v) is 7.46. The van der Waals surface area contributed by atoms with Crippen LogP contribution in [-0.2, 0) is 6.42 Å². The van der Waals surface area contributed by atoms with E-state index in [1.807, 2.05) is 0 Å². The number of unbranched alkanes of at least 4 members (excludes halogenated alkanes) is 2. The van der Waals surface area contributed by atoms with Gasteiger partial charge < -0.3 is 0 Å². The predicted molar refractivity (Wildman–Crippen MR) is 140 cm³/mol. The van der Waals surface area contributed by atoms with Gasteiger partial charge in [0.1, 0.15) is 0 Å². The normalized spacial score (nSPS) is 32.8. The Balaban J connectivity index is 1.12. The smallest absolute Gasteiger partial charge is 0.0655 e. The standard InChI is InChI=1S/C32H49N/c1-2-3-4-5-25-8-16-29(17-9-25)30-18-10-26(11-19-30)6-7-27-12-20-31(21-13-27)32-22-14-28(24-33)15-23-32/h12-13,20-21,25-26,28-30,32H,2-11,14-19,22-23H2,1H3. The van der Waals surface area contributed by atoms with Crippen LogP contribution in [0.25, 0.3) is 0 Å². The van der Waals surface area contributed by atoms with Crippen molar-refractivity contribution in [3.8, 4) is 6.07 Å². The Hall–Kier alpha value is -1.29. The van der Waals surface area contributed by atoms with Gasteiger partial charge in [0.2, 0.25) is 0 Å². The lowest BCUT2D eigenvalue weighted by Crippen LogP contribution is -2.26. The Bertz CT molecular complexity index is 704. The summed E-state index contributed by atoms with van der Waals surface area (Å²) in [5.41, 5.74) is 3.05. The first-order valence-corrected chi connectivity index (χ1v) is 14.7. The SMILES string of the molecule is CCCCCC1CCC(C2CCC(CCc3ccc(C4CCC(C#N)CC4)cc3)CC2)CC1. The summed E-state index contributed by atoms with van der Waals surface area (Å²) in [6, 6.07) is 12.0. The Labute approximate surface area is 204 Å². The fourth-order valence-electron chi connectivity index (χ4n) is 7.46. The molecule has 3 aliphatic rings. The molecule has 33 heavy (non-hydrogen) atoms. The molecule has 0 spiro atoms. The lowest BCUT2D eigenvalue weighted by Gasteiger charge is -2.38. The molecule has 1 aromatic rings. The average Bonchev–Trinajstić information content (AvgIpc) is 2.89. The molecule has 0 aromatic heterocycles. The molecule has 3 fully saturated rings. The molecule has 0 saturated heterocycles. The minimum absolute atomic E-state index is 0.307. The largest absolute Gasteiger partial charge is 0.198 e. The van der Waals surface area contributed by atoms with Crippen molar-refractivity contribution in [3.63, 3.8) is 0 Å². The van der Waals surface area contributed by atoms with E-state index in [1.165, 1.54) is 114 Å². The first-order chi connectivity index (χ1) is 16.2. The highest BCUT2D eigenvalue weighted by Crippen LogP contribution is 2.43. The fraction of sp³-hybridized carbons (Fsp3) is 0.781. The molecule has 1 aromatic carbocycles. The maximum atomic E-state index is 9.12. The molecule has 4 rings (SSSR count). The highest BCUT2D eigenvalue weighted by atomic mass is 14.4. The molecule has 3 aliphatic carbocycles. The molecule has 1 heteroatoms. The summed E-state index contributed by atoms with van der Waals surface area (Å²) in [6.07, 6.45) is 25.2. The molecule has 3 saturated carbocycles. The van der Waals surface area contributed by atoms with Gasteiger partial charge in [-0.15, -0.1) is 0 Å². The second-order valence-electron chi connectivity index (χ2n) is 12.0. The van der Waals surface area contributed by atoms with Crippen LogP contribution in [0.5, 0.6) is 0 Å². The van der Waals surface area contributed by atoms with Crippen molar-refractivity contribution < 1.29 is 0 Å². The molecule has 182 valence electrons. The van der Waals surface area contributed by atoms with Crippen LogP contribution in [-0.4, -0.2) is 0 Å². The van der Waals surface area contributed by atoms with E-state index < -0.39 is 0 Å². The Kier molecular flexibility index (Phi) is 9.76. The van der Waals surface area contributed by atoms with E-state index in [2.05, 4.69) is 37.3 Å². The summed E-state index contributed by atoms with van der Waals surface area (Å²) < 4.78 is 0. The van der Waals surface area contributed by atoms with Crippen molar-refractivity contribution in [2.45, 2.75) is 128 Å². The number of rotatable bonds is 9. The second kappa shape index (κ2) is 13.0. The van der Waals surface area contributed by atoms with Gasteiger partial charge in [0, 0.05) is 5.92 Å². The van der Waals surface area contributed by atoms with Gasteiger partial charge >= 0.3 is 0 Å². The van der Waals surface area contributed by atoms with Gasteiger partial charge in [-0.1, -0.05) is 82.6 Å². The van der Waals surface area contributed by atoms with Crippen molar-refractivity contribution in [3.05, 3.63) is 35.4 Å². The van der Waals surface area contributed by atoms with Gasteiger partial charge in [-0.25, -0.2) is 0 Å². The molecule has 0 aliphatic heterocycles. The van der Waals surface area contributed by atoms with Crippen LogP contribution in [0.1, 0.15) is 133 Å². The van der Waals surface area contributed by atoms with Crippen molar-refractivity contribution in [1.82, 2.24) is 0 Å². The van der Waals surface area contributed by atoms with Crippen molar-refractivity contribution >= 4 is 0 Å². The summed E-state index contributed by atoms with van der Waals surface area (Å²) in [5, 5.41) is 9.12. The molecule has 0 heterocycles. The van der Waals surface area contributed by atoms with E-state index in [4.69, 9.17) is 5.26 Å². The third kappa shape index (κ3) is 7.34. The van der Waals surface area contributed by atoms with Gasteiger partial charge in [-0.05, 0) is 105 Å². The van der Waals surface area contributed by atoms with E-state index in [-0.39, 0.29) is 0 Å². The van der Waals surface area contributed by atoms with Crippen molar-refractivity contribution in [2.75, 3.05) is 0 Å². The van der Waals surface area contributed by atoms with Crippen LogP contribution in [0.15, 0.2) is 24.3 Å². The van der Waals surface area contributed by atoms with Crippen LogP contribution < -0.4 is 0 Å². The highest BCUT2D eigenvalue weighted by molar-refractivity contribution is 5.26. The number of hydrogen-bond acceptors (Lipinski definition) is 1. The number of hydrogen-bond donors (Lipinski definition) is 0. The minimum Gasteiger partial charge on any atom is -0.198 e. The van der Waals surface area contributed by atoms with E-state index in [1.54, 1.807) is 0 Å². The maximum absolute atomic E-state index is 9.12. The summed E-state index contributed by atoms with van der Waals surface area (Å²) in [6.45, 7) is 2.33. The van der Waals surface area contributed by atoms with Gasteiger partial charge in [0.15, 0.2) is 0 Å². The second-order valence-corrected chi connectivity index (χ2v) is 12.0. The van der Waals surface area contributed by atoms with Crippen LogP contribution in [0.3, 0.4) is 0 Å². The summed E-state index contributed by atoms with van der Waals surface area (Å²) in [7, 11) is 0. The number of nitriles is 1. The summed E-state index contributed by atoms with van der Waals surface area (Å²) in [4.78, 5) is 0. The zero-order valence-electron chi connectivity index (χ0n) is 21.4. The zero-order chi connectivity index (χ0) is 22.9.